The van der Waals surface area contributed by atoms with Gasteiger partial charge in [0.15, 0.2) is 0 Å². The van der Waals surface area contributed by atoms with E-state index in [1.165, 1.54) is 0 Å². The maximum absolute atomic E-state index is 6.13. The molecular weight excluding hydrogens is 248 g/mol. The van der Waals surface area contributed by atoms with Crippen LogP contribution in [0.2, 0.25) is 5.15 Å². The molecule has 0 atom stereocenters. The summed E-state index contributed by atoms with van der Waals surface area (Å²) in [5, 5.41) is 0.548. The Balaban J connectivity index is 2.36. The van der Waals surface area contributed by atoms with E-state index in [2.05, 4.69) is 26.4 Å². The average Bonchev–Trinajstić information content (AvgIpc) is 2.81. The lowest BCUT2D eigenvalue weighted by Crippen LogP contribution is -2.07. The molecule has 0 aromatic carbocycles. The molecule has 0 bridgehead atoms. The van der Waals surface area contributed by atoms with Crippen LogP contribution in [0.15, 0.2) is 12.4 Å². The zero-order chi connectivity index (χ0) is 13.1. The fourth-order valence-corrected chi connectivity index (χ4v) is 2.06. The summed E-state index contributed by atoms with van der Waals surface area (Å²) >= 11 is 6.13. The van der Waals surface area contributed by atoms with Crippen molar-refractivity contribution in [2.24, 2.45) is 0 Å². The van der Waals surface area contributed by atoms with Crippen molar-refractivity contribution >= 4 is 11.6 Å². The van der Waals surface area contributed by atoms with Crippen molar-refractivity contribution in [3.63, 3.8) is 0 Å². The van der Waals surface area contributed by atoms with Crippen LogP contribution in [0, 0.1) is 6.92 Å². The van der Waals surface area contributed by atoms with E-state index in [4.69, 9.17) is 11.6 Å². The summed E-state index contributed by atoms with van der Waals surface area (Å²) in [6, 6.07) is 0. The van der Waals surface area contributed by atoms with Crippen LogP contribution in [-0.2, 0) is 19.4 Å². The van der Waals surface area contributed by atoms with E-state index < -0.39 is 0 Å². The maximum Gasteiger partial charge on any atom is 0.135 e. The molecule has 0 aliphatic rings. The molecule has 0 N–H and O–H groups in total. The number of halogens is 1. The van der Waals surface area contributed by atoms with Crippen molar-refractivity contribution in [1.82, 2.24) is 19.5 Å². The normalized spacial score (nSPS) is 10.9. The van der Waals surface area contributed by atoms with E-state index in [0.717, 1.165) is 35.9 Å². The number of rotatable bonds is 4. The minimum Gasteiger partial charge on any atom is -0.335 e. The molecule has 2 aromatic heterocycles. The van der Waals surface area contributed by atoms with Crippen LogP contribution in [0.3, 0.4) is 0 Å². The first-order valence-electron chi connectivity index (χ1n) is 6.17. The highest BCUT2D eigenvalue weighted by Crippen LogP contribution is 2.18. The highest BCUT2D eigenvalue weighted by Gasteiger charge is 2.11. The number of imidazole rings is 1. The second-order valence-electron chi connectivity index (χ2n) is 4.16. The number of nitrogens with zero attached hydrogens (tertiary/aromatic N) is 4. The van der Waals surface area contributed by atoms with Crippen molar-refractivity contribution in [1.29, 1.82) is 0 Å². The van der Waals surface area contributed by atoms with Crippen molar-refractivity contribution in [2.75, 3.05) is 0 Å². The Kier molecular flexibility index (Phi) is 3.97. The third kappa shape index (κ3) is 2.53. The summed E-state index contributed by atoms with van der Waals surface area (Å²) in [6.45, 7) is 6.99. The standard InChI is InChI=1S/C13H17ClN4/c1-4-11-16-10(9(3)13(14)17-11)8-12-15-6-7-18(12)5-2/h6-7H,4-5,8H2,1-3H3. The molecule has 0 radical (unpaired) electrons. The predicted molar refractivity (Wildman–Crippen MR) is 71.9 cm³/mol. The smallest absolute Gasteiger partial charge is 0.135 e. The molecule has 0 saturated carbocycles. The molecule has 0 aliphatic heterocycles. The minimum atomic E-state index is 0.548. The Bertz CT molecular complexity index is 548. The van der Waals surface area contributed by atoms with Gasteiger partial charge in [-0.25, -0.2) is 15.0 Å². The van der Waals surface area contributed by atoms with E-state index in [1.54, 1.807) is 0 Å². The van der Waals surface area contributed by atoms with Crippen LogP contribution in [0.5, 0.6) is 0 Å². The van der Waals surface area contributed by atoms with Crippen molar-refractivity contribution in [2.45, 2.75) is 40.2 Å². The Morgan fingerprint density at radius 1 is 1.28 bits per heavy atom. The second-order valence-corrected chi connectivity index (χ2v) is 4.52. The van der Waals surface area contributed by atoms with Gasteiger partial charge in [-0.15, -0.1) is 0 Å². The highest BCUT2D eigenvalue weighted by molar-refractivity contribution is 6.30. The zero-order valence-corrected chi connectivity index (χ0v) is 11.7. The topological polar surface area (TPSA) is 43.6 Å². The number of aryl methyl sites for hydroxylation is 2. The quantitative estimate of drug-likeness (QED) is 0.798. The van der Waals surface area contributed by atoms with Crippen LogP contribution in [0.25, 0.3) is 0 Å². The van der Waals surface area contributed by atoms with Gasteiger partial charge in [0.25, 0.3) is 0 Å². The Morgan fingerprint density at radius 3 is 2.72 bits per heavy atom. The van der Waals surface area contributed by atoms with Gasteiger partial charge in [0.05, 0.1) is 5.69 Å². The largest absolute Gasteiger partial charge is 0.335 e. The molecule has 2 heterocycles. The van der Waals surface area contributed by atoms with Gasteiger partial charge < -0.3 is 4.57 Å². The van der Waals surface area contributed by atoms with Gasteiger partial charge >= 0.3 is 0 Å². The van der Waals surface area contributed by atoms with E-state index in [0.29, 0.717) is 11.6 Å². The molecular formula is C13H17ClN4. The molecule has 2 aromatic rings. The lowest BCUT2D eigenvalue weighted by molar-refractivity contribution is 0.704. The first-order valence-corrected chi connectivity index (χ1v) is 6.55. The molecule has 4 nitrogen and oxygen atoms in total. The van der Waals surface area contributed by atoms with Gasteiger partial charge in [-0.3, -0.25) is 0 Å². The Labute approximate surface area is 112 Å². The van der Waals surface area contributed by atoms with Crippen molar-refractivity contribution < 1.29 is 0 Å². The summed E-state index contributed by atoms with van der Waals surface area (Å²) in [4.78, 5) is 13.2. The first-order chi connectivity index (χ1) is 8.65. The van der Waals surface area contributed by atoms with Crippen LogP contribution < -0.4 is 0 Å². The number of hydrogen-bond acceptors (Lipinski definition) is 3. The molecule has 0 aliphatic carbocycles. The molecule has 5 heteroatoms. The summed E-state index contributed by atoms with van der Waals surface area (Å²) in [6.07, 6.45) is 5.28. The van der Waals surface area contributed by atoms with E-state index in [9.17, 15) is 0 Å². The van der Waals surface area contributed by atoms with Crippen molar-refractivity contribution in [3.8, 4) is 0 Å². The zero-order valence-electron chi connectivity index (χ0n) is 10.9. The van der Waals surface area contributed by atoms with Gasteiger partial charge in [0, 0.05) is 37.3 Å². The molecule has 2 rings (SSSR count). The van der Waals surface area contributed by atoms with Gasteiger partial charge in [-0.05, 0) is 13.8 Å². The molecule has 18 heavy (non-hydrogen) atoms. The van der Waals surface area contributed by atoms with E-state index in [1.807, 2.05) is 26.2 Å². The average molecular weight is 265 g/mol. The van der Waals surface area contributed by atoms with Crippen LogP contribution in [0.1, 0.15) is 36.8 Å². The summed E-state index contributed by atoms with van der Waals surface area (Å²) in [5.41, 5.74) is 1.91. The summed E-state index contributed by atoms with van der Waals surface area (Å²) in [7, 11) is 0. The molecule has 0 spiro atoms. The van der Waals surface area contributed by atoms with E-state index >= 15 is 0 Å². The second kappa shape index (κ2) is 5.48. The molecule has 0 unspecified atom stereocenters. The SMILES string of the molecule is CCc1nc(Cl)c(C)c(Cc2nccn2CC)n1. The minimum absolute atomic E-state index is 0.548. The molecule has 0 saturated heterocycles. The van der Waals surface area contributed by atoms with Crippen LogP contribution in [-0.4, -0.2) is 19.5 Å². The van der Waals surface area contributed by atoms with Gasteiger partial charge in [-0.2, -0.15) is 0 Å². The highest BCUT2D eigenvalue weighted by atomic mass is 35.5. The monoisotopic (exact) mass is 264 g/mol. The van der Waals surface area contributed by atoms with Gasteiger partial charge in [-0.1, -0.05) is 18.5 Å². The van der Waals surface area contributed by atoms with Crippen LogP contribution in [0.4, 0.5) is 0 Å². The first kappa shape index (κ1) is 13.0. The van der Waals surface area contributed by atoms with Gasteiger partial charge in [0.2, 0.25) is 0 Å². The maximum atomic E-state index is 6.13. The Hall–Kier alpha value is -1.42. The third-order valence-electron chi connectivity index (χ3n) is 3.02. The summed E-state index contributed by atoms with van der Waals surface area (Å²) in [5.74, 6) is 1.80. The Morgan fingerprint density at radius 2 is 2.06 bits per heavy atom. The van der Waals surface area contributed by atoms with Crippen molar-refractivity contribution in [3.05, 3.63) is 40.5 Å². The number of aromatic nitrogens is 4. The lowest BCUT2D eigenvalue weighted by atomic mass is 10.2. The fraction of sp³-hybridized carbons (Fsp3) is 0.462. The summed E-state index contributed by atoms with van der Waals surface area (Å²) < 4.78 is 2.11. The van der Waals surface area contributed by atoms with Gasteiger partial charge in [0.1, 0.15) is 16.8 Å². The molecule has 96 valence electrons. The fourth-order valence-electron chi connectivity index (χ4n) is 1.86. The molecule has 0 amide bonds. The lowest BCUT2D eigenvalue weighted by Gasteiger charge is -2.09. The third-order valence-corrected chi connectivity index (χ3v) is 3.39. The van der Waals surface area contributed by atoms with Crippen LogP contribution >= 0.6 is 11.6 Å². The number of hydrogen-bond donors (Lipinski definition) is 0. The predicted octanol–water partition coefficient (Wildman–Crippen LogP) is 2.81. The van der Waals surface area contributed by atoms with E-state index in [-0.39, 0.29) is 0 Å². The molecule has 0 fully saturated rings.